The molecule has 0 unspecified atom stereocenters. The third-order valence-corrected chi connectivity index (χ3v) is 6.78. The minimum Gasteiger partial charge on any atom is -0.361 e. The van der Waals surface area contributed by atoms with Crippen LogP contribution in [-0.2, 0) is 4.79 Å². The molecule has 142 valence electrons. The SMILES string of the molecule is CC1(C)C[C@H]2[C@H](CCCN2C(=O)C2CCCCC2)N1c1ccc(F)cc1. The third kappa shape index (κ3) is 3.12. The Balaban J connectivity index is 1.59. The van der Waals surface area contributed by atoms with E-state index in [0.29, 0.717) is 18.0 Å². The third-order valence-electron chi connectivity index (χ3n) is 6.78. The summed E-state index contributed by atoms with van der Waals surface area (Å²) in [5.41, 5.74) is 1.05. The molecule has 1 aromatic rings. The summed E-state index contributed by atoms with van der Waals surface area (Å²) in [4.78, 5) is 17.9. The molecule has 0 aromatic heterocycles. The number of likely N-dealkylation sites (tertiary alicyclic amines) is 1. The van der Waals surface area contributed by atoms with Crippen molar-refractivity contribution < 1.29 is 9.18 Å². The molecule has 0 spiro atoms. The number of rotatable bonds is 2. The standard InChI is InChI=1S/C22H31FN2O/c1-22(2)15-20-19(25(22)18-12-10-17(23)11-13-18)9-6-14-24(20)21(26)16-7-4-3-5-8-16/h10-13,16,19-20H,3-9,14-15H2,1-2H3/t19-,20-/m0/s1. The Kier molecular flexibility index (Phi) is 4.70. The van der Waals surface area contributed by atoms with Crippen molar-refractivity contribution in [3.8, 4) is 0 Å². The maximum atomic E-state index is 13.4. The van der Waals surface area contributed by atoms with Crippen LogP contribution in [0.5, 0.6) is 0 Å². The zero-order valence-corrected chi connectivity index (χ0v) is 16.1. The lowest BCUT2D eigenvalue weighted by Crippen LogP contribution is -2.54. The highest BCUT2D eigenvalue weighted by atomic mass is 19.1. The highest BCUT2D eigenvalue weighted by Crippen LogP contribution is 2.44. The van der Waals surface area contributed by atoms with Gasteiger partial charge in [0.25, 0.3) is 0 Å². The fraction of sp³-hybridized carbons (Fsp3) is 0.682. The first-order chi connectivity index (χ1) is 12.5. The van der Waals surface area contributed by atoms with Gasteiger partial charge in [-0.25, -0.2) is 4.39 Å². The Bertz CT molecular complexity index is 651. The second kappa shape index (κ2) is 6.86. The molecule has 2 saturated heterocycles. The van der Waals surface area contributed by atoms with Gasteiger partial charge in [0.05, 0.1) is 12.1 Å². The molecule has 3 fully saturated rings. The van der Waals surface area contributed by atoms with Crippen LogP contribution < -0.4 is 4.90 Å². The minimum absolute atomic E-state index is 0.0252. The molecule has 2 atom stereocenters. The molecule has 1 aliphatic carbocycles. The van der Waals surface area contributed by atoms with Gasteiger partial charge in [0.1, 0.15) is 5.82 Å². The van der Waals surface area contributed by atoms with Gasteiger partial charge in [-0.2, -0.15) is 0 Å². The van der Waals surface area contributed by atoms with Crippen LogP contribution in [0.2, 0.25) is 0 Å². The number of halogens is 1. The van der Waals surface area contributed by atoms with Gasteiger partial charge in [-0.05, 0) is 70.2 Å². The first-order valence-electron chi connectivity index (χ1n) is 10.3. The highest BCUT2D eigenvalue weighted by molar-refractivity contribution is 5.80. The quantitative estimate of drug-likeness (QED) is 0.761. The number of carbonyl (C=O) groups is 1. The van der Waals surface area contributed by atoms with Crippen molar-refractivity contribution in [2.45, 2.75) is 82.8 Å². The number of benzene rings is 1. The smallest absolute Gasteiger partial charge is 0.226 e. The van der Waals surface area contributed by atoms with Crippen LogP contribution in [0.4, 0.5) is 10.1 Å². The molecule has 1 saturated carbocycles. The van der Waals surface area contributed by atoms with Crippen molar-refractivity contribution in [1.29, 1.82) is 0 Å². The summed E-state index contributed by atoms with van der Waals surface area (Å²) in [6.07, 6.45) is 8.98. The molecule has 0 radical (unpaired) electrons. The number of nitrogens with zero attached hydrogens (tertiary/aromatic N) is 2. The molecule has 26 heavy (non-hydrogen) atoms. The maximum Gasteiger partial charge on any atom is 0.226 e. The predicted molar refractivity (Wildman–Crippen MR) is 103 cm³/mol. The number of hydrogen-bond donors (Lipinski definition) is 0. The normalized spacial score (nSPS) is 28.9. The van der Waals surface area contributed by atoms with Crippen molar-refractivity contribution in [2.75, 3.05) is 11.4 Å². The van der Waals surface area contributed by atoms with Gasteiger partial charge in [-0.3, -0.25) is 4.79 Å². The summed E-state index contributed by atoms with van der Waals surface area (Å²) in [5, 5.41) is 0. The summed E-state index contributed by atoms with van der Waals surface area (Å²) in [7, 11) is 0. The van der Waals surface area contributed by atoms with Gasteiger partial charge in [-0.1, -0.05) is 19.3 Å². The van der Waals surface area contributed by atoms with Crippen molar-refractivity contribution in [3.05, 3.63) is 30.1 Å². The average Bonchev–Trinajstić information content (AvgIpc) is 2.92. The molecule has 1 aromatic carbocycles. The summed E-state index contributed by atoms with van der Waals surface area (Å²) in [6, 6.07) is 7.51. The van der Waals surface area contributed by atoms with Gasteiger partial charge in [-0.15, -0.1) is 0 Å². The van der Waals surface area contributed by atoms with E-state index in [1.807, 2.05) is 12.1 Å². The first-order valence-corrected chi connectivity index (χ1v) is 10.3. The number of hydrogen-bond acceptors (Lipinski definition) is 2. The lowest BCUT2D eigenvalue weighted by atomic mass is 9.86. The average molecular weight is 359 g/mol. The molecule has 2 heterocycles. The summed E-state index contributed by atoms with van der Waals surface area (Å²) >= 11 is 0. The Morgan fingerprint density at radius 2 is 1.69 bits per heavy atom. The van der Waals surface area contributed by atoms with E-state index in [1.54, 1.807) is 12.1 Å². The molecule has 2 aliphatic heterocycles. The zero-order valence-electron chi connectivity index (χ0n) is 16.1. The number of anilines is 1. The molecule has 0 bridgehead atoms. The fourth-order valence-electron chi connectivity index (χ4n) is 5.64. The van der Waals surface area contributed by atoms with Crippen molar-refractivity contribution in [1.82, 2.24) is 4.90 Å². The highest BCUT2D eigenvalue weighted by Gasteiger charge is 2.51. The van der Waals surface area contributed by atoms with E-state index in [1.165, 1.54) is 19.3 Å². The van der Waals surface area contributed by atoms with Crippen LogP contribution in [0, 0.1) is 11.7 Å². The zero-order chi connectivity index (χ0) is 18.3. The number of fused-ring (bicyclic) bond motifs is 1. The van der Waals surface area contributed by atoms with E-state index in [0.717, 1.165) is 44.3 Å². The Hall–Kier alpha value is -1.58. The van der Waals surface area contributed by atoms with Crippen LogP contribution in [0.3, 0.4) is 0 Å². The monoisotopic (exact) mass is 358 g/mol. The second-order valence-electron chi connectivity index (χ2n) is 9.01. The van der Waals surface area contributed by atoms with E-state index in [2.05, 4.69) is 23.6 Å². The number of amides is 1. The maximum absolute atomic E-state index is 13.4. The molecule has 1 amide bonds. The van der Waals surface area contributed by atoms with Gasteiger partial charge in [0, 0.05) is 23.7 Å². The molecular formula is C22H31FN2O. The number of carbonyl (C=O) groups excluding carboxylic acids is 1. The van der Waals surface area contributed by atoms with Crippen molar-refractivity contribution in [2.24, 2.45) is 5.92 Å². The predicted octanol–water partition coefficient (Wildman–Crippen LogP) is 4.75. The summed E-state index contributed by atoms with van der Waals surface area (Å²) in [5.74, 6) is 0.446. The molecule has 3 nitrogen and oxygen atoms in total. The lowest BCUT2D eigenvalue weighted by molar-refractivity contribution is -0.140. The lowest BCUT2D eigenvalue weighted by Gasteiger charge is -2.43. The van der Waals surface area contributed by atoms with Crippen LogP contribution in [0.1, 0.15) is 65.2 Å². The Morgan fingerprint density at radius 3 is 2.38 bits per heavy atom. The van der Waals surface area contributed by atoms with Crippen LogP contribution >= 0.6 is 0 Å². The van der Waals surface area contributed by atoms with Gasteiger partial charge in [0.2, 0.25) is 5.91 Å². The fourth-order valence-corrected chi connectivity index (χ4v) is 5.64. The van der Waals surface area contributed by atoms with Gasteiger partial charge < -0.3 is 9.80 Å². The molecule has 4 rings (SSSR count). The minimum atomic E-state index is -0.194. The van der Waals surface area contributed by atoms with E-state index in [-0.39, 0.29) is 17.3 Å². The molecule has 4 heteroatoms. The van der Waals surface area contributed by atoms with Crippen molar-refractivity contribution >= 4 is 11.6 Å². The van der Waals surface area contributed by atoms with E-state index in [4.69, 9.17) is 0 Å². The van der Waals surface area contributed by atoms with Gasteiger partial charge >= 0.3 is 0 Å². The summed E-state index contributed by atoms with van der Waals surface area (Å²) < 4.78 is 13.4. The number of piperidine rings is 1. The molecule has 3 aliphatic rings. The van der Waals surface area contributed by atoms with Crippen LogP contribution in [0.15, 0.2) is 24.3 Å². The second-order valence-corrected chi connectivity index (χ2v) is 9.01. The molecule has 0 N–H and O–H groups in total. The Labute approximate surface area is 156 Å². The Morgan fingerprint density at radius 1 is 1.00 bits per heavy atom. The van der Waals surface area contributed by atoms with E-state index < -0.39 is 0 Å². The van der Waals surface area contributed by atoms with Gasteiger partial charge in [0.15, 0.2) is 0 Å². The first kappa shape index (κ1) is 17.8. The van der Waals surface area contributed by atoms with Crippen molar-refractivity contribution in [3.63, 3.8) is 0 Å². The molecular weight excluding hydrogens is 327 g/mol. The van der Waals surface area contributed by atoms with Crippen LogP contribution in [-0.4, -0.2) is 35.0 Å². The summed E-state index contributed by atoms with van der Waals surface area (Å²) in [6.45, 7) is 5.43. The van der Waals surface area contributed by atoms with E-state index >= 15 is 0 Å². The van der Waals surface area contributed by atoms with E-state index in [9.17, 15) is 9.18 Å². The topological polar surface area (TPSA) is 23.6 Å². The van der Waals surface area contributed by atoms with Crippen LogP contribution in [0.25, 0.3) is 0 Å². The largest absolute Gasteiger partial charge is 0.361 e.